The average molecular weight is 541 g/mol. The standard InChI is InChI=1S/C38H28N4/c39-22-26-1-9-32(10-2-26)36-18-30-17-31(19-36)21-37(20-30,33-11-3-27(23-40)4-12-33)38(36,34-13-5-28(24-41)6-14-34)35-15-7-29(25-42)8-16-35/h1-16,30-31H,17-21H2. The van der Waals surface area contributed by atoms with E-state index in [1.54, 1.807) is 0 Å². The van der Waals surface area contributed by atoms with E-state index in [0.29, 0.717) is 34.1 Å². The SMILES string of the molecule is N#Cc1ccc(C23CC4CC(C2)CC(c2ccc(C#N)cc2)(C4)C3(c2ccc(C#N)cc2)c2ccc(C#N)cc2)cc1. The minimum Gasteiger partial charge on any atom is -0.192 e. The number of nitrogens with zero attached hydrogens (tertiary/aromatic N) is 4. The molecule has 4 aliphatic carbocycles. The Morgan fingerprint density at radius 3 is 0.929 bits per heavy atom. The normalized spacial score (nSPS) is 26.4. The molecule has 200 valence electrons. The van der Waals surface area contributed by atoms with E-state index in [1.165, 1.54) is 28.7 Å². The Labute approximate surface area is 246 Å². The van der Waals surface area contributed by atoms with Gasteiger partial charge in [0.05, 0.1) is 46.5 Å². The largest absolute Gasteiger partial charge is 0.192 e. The zero-order valence-corrected chi connectivity index (χ0v) is 23.2. The highest BCUT2D eigenvalue weighted by molar-refractivity contribution is 5.61. The molecule has 4 aliphatic rings. The maximum absolute atomic E-state index is 9.70. The lowest BCUT2D eigenvalue weighted by Gasteiger charge is -2.74. The van der Waals surface area contributed by atoms with Gasteiger partial charge in [0, 0.05) is 16.2 Å². The summed E-state index contributed by atoms with van der Waals surface area (Å²) >= 11 is 0. The molecule has 0 saturated heterocycles. The lowest BCUT2D eigenvalue weighted by Crippen LogP contribution is -2.72. The van der Waals surface area contributed by atoms with Crippen LogP contribution in [0, 0.1) is 57.2 Å². The molecule has 0 heterocycles. The fourth-order valence-corrected chi connectivity index (χ4v) is 9.65. The van der Waals surface area contributed by atoms with Crippen LogP contribution in [0.1, 0.15) is 76.6 Å². The first-order valence-corrected chi connectivity index (χ1v) is 14.5. The summed E-state index contributed by atoms with van der Waals surface area (Å²) in [4.78, 5) is 0. The predicted molar refractivity (Wildman–Crippen MR) is 159 cm³/mol. The zero-order chi connectivity index (χ0) is 29.0. The lowest BCUT2D eigenvalue weighted by atomic mass is 9.29. The molecule has 0 aromatic heterocycles. The van der Waals surface area contributed by atoms with Gasteiger partial charge in [0.1, 0.15) is 0 Å². The van der Waals surface area contributed by atoms with E-state index in [2.05, 4.69) is 72.8 Å². The van der Waals surface area contributed by atoms with Crippen molar-refractivity contribution in [3.8, 4) is 24.3 Å². The van der Waals surface area contributed by atoms with Crippen LogP contribution >= 0.6 is 0 Å². The third-order valence-electron chi connectivity index (χ3n) is 10.7. The Bertz CT molecular complexity index is 1690. The monoisotopic (exact) mass is 540 g/mol. The highest BCUT2D eigenvalue weighted by Gasteiger charge is 2.73. The smallest absolute Gasteiger partial charge is 0.0991 e. The van der Waals surface area contributed by atoms with Gasteiger partial charge in [-0.05, 0) is 115 Å². The van der Waals surface area contributed by atoms with Crippen molar-refractivity contribution < 1.29 is 0 Å². The first-order valence-electron chi connectivity index (χ1n) is 14.5. The van der Waals surface area contributed by atoms with E-state index >= 15 is 0 Å². The van der Waals surface area contributed by atoms with Gasteiger partial charge in [-0.25, -0.2) is 0 Å². The second-order valence-corrected chi connectivity index (χ2v) is 12.5. The molecule has 4 bridgehead atoms. The summed E-state index contributed by atoms with van der Waals surface area (Å²) in [6.07, 6.45) is 5.30. The second-order valence-electron chi connectivity index (χ2n) is 12.5. The third kappa shape index (κ3) is 3.37. The minimum absolute atomic E-state index is 0.290. The molecule has 0 amide bonds. The van der Waals surface area contributed by atoms with Crippen molar-refractivity contribution in [3.63, 3.8) is 0 Å². The van der Waals surface area contributed by atoms with Gasteiger partial charge in [0.25, 0.3) is 0 Å². The molecule has 4 fully saturated rings. The van der Waals surface area contributed by atoms with Crippen LogP contribution in [0.15, 0.2) is 97.1 Å². The van der Waals surface area contributed by atoms with Crippen molar-refractivity contribution in [1.29, 1.82) is 21.0 Å². The molecular weight excluding hydrogens is 512 g/mol. The van der Waals surface area contributed by atoms with Gasteiger partial charge in [-0.2, -0.15) is 21.0 Å². The highest BCUT2D eigenvalue weighted by Crippen LogP contribution is 2.76. The highest BCUT2D eigenvalue weighted by atomic mass is 14.8. The molecule has 0 N–H and O–H groups in total. The van der Waals surface area contributed by atoms with Crippen molar-refractivity contribution in [2.24, 2.45) is 11.8 Å². The van der Waals surface area contributed by atoms with Crippen molar-refractivity contribution in [2.75, 3.05) is 0 Å². The van der Waals surface area contributed by atoms with E-state index in [0.717, 1.165) is 25.7 Å². The van der Waals surface area contributed by atoms with Crippen LogP contribution in [0.3, 0.4) is 0 Å². The summed E-state index contributed by atoms with van der Waals surface area (Å²) in [6, 6.07) is 42.0. The van der Waals surface area contributed by atoms with Gasteiger partial charge in [-0.15, -0.1) is 0 Å². The summed E-state index contributed by atoms with van der Waals surface area (Å²) in [5, 5.41) is 38.7. The van der Waals surface area contributed by atoms with Crippen LogP contribution in [-0.4, -0.2) is 0 Å². The van der Waals surface area contributed by atoms with Gasteiger partial charge in [0.2, 0.25) is 0 Å². The maximum Gasteiger partial charge on any atom is 0.0991 e. The molecule has 4 aromatic carbocycles. The van der Waals surface area contributed by atoms with Crippen molar-refractivity contribution >= 4 is 0 Å². The molecule has 0 atom stereocenters. The Kier molecular flexibility index (Phi) is 5.80. The van der Waals surface area contributed by atoms with E-state index in [-0.39, 0.29) is 10.8 Å². The quantitative estimate of drug-likeness (QED) is 0.267. The fourth-order valence-electron chi connectivity index (χ4n) is 9.65. The predicted octanol–water partition coefficient (Wildman–Crippen LogP) is 7.56. The number of benzene rings is 4. The average Bonchev–Trinajstić information content (AvgIpc) is 3.05. The van der Waals surface area contributed by atoms with Crippen molar-refractivity contribution in [3.05, 3.63) is 142 Å². The molecule has 4 saturated carbocycles. The number of hydrogen-bond donors (Lipinski definition) is 0. The van der Waals surface area contributed by atoms with E-state index in [4.69, 9.17) is 0 Å². The van der Waals surface area contributed by atoms with Gasteiger partial charge in [-0.1, -0.05) is 48.5 Å². The van der Waals surface area contributed by atoms with Crippen LogP contribution in [0.2, 0.25) is 0 Å². The maximum atomic E-state index is 9.70. The molecule has 4 nitrogen and oxygen atoms in total. The molecule has 0 radical (unpaired) electrons. The van der Waals surface area contributed by atoms with Gasteiger partial charge in [0.15, 0.2) is 0 Å². The summed E-state index contributed by atoms with van der Waals surface area (Å²) in [6.45, 7) is 0. The molecule has 0 aliphatic heterocycles. The molecule has 0 unspecified atom stereocenters. The van der Waals surface area contributed by atoms with Crippen LogP contribution in [0.5, 0.6) is 0 Å². The number of nitriles is 4. The van der Waals surface area contributed by atoms with Gasteiger partial charge in [-0.3, -0.25) is 0 Å². The van der Waals surface area contributed by atoms with Crippen LogP contribution in [0.4, 0.5) is 0 Å². The molecule has 42 heavy (non-hydrogen) atoms. The number of rotatable bonds is 4. The Morgan fingerprint density at radius 2 is 0.667 bits per heavy atom. The van der Waals surface area contributed by atoms with E-state index < -0.39 is 5.41 Å². The van der Waals surface area contributed by atoms with Crippen LogP contribution < -0.4 is 0 Å². The van der Waals surface area contributed by atoms with Crippen LogP contribution in [-0.2, 0) is 16.2 Å². The topological polar surface area (TPSA) is 95.2 Å². The van der Waals surface area contributed by atoms with Crippen molar-refractivity contribution in [1.82, 2.24) is 0 Å². The summed E-state index contributed by atoms with van der Waals surface area (Å²) < 4.78 is 0. The number of hydrogen-bond acceptors (Lipinski definition) is 4. The zero-order valence-electron chi connectivity index (χ0n) is 23.2. The minimum atomic E-state index is -0.530. The third-order valence-corrected chi connectivity index (χ3v) is 10.7. The Balaban J connectivity index is 1.63. The fraction of sp³-hybridized carbons (Fsp3) is 0.263. The summed E-state index contributed by atoms with van der Waals surface area (Å²) in [7, 11) is 0. The first-order chi connectivity index (χ1) is 20.5. The molecule has 0 spiro atoms. The Morgan fingerprint density at radius 1 is 0.405 bits per heavy atom. The first kappa shape index (κ1) is 25.8. The van der Waals surface area contributed by atoms with E-state index in [9.17, 15) is 21.0 Å². The summed E-state index contributed by atoms with van der Waals surface area (Å²) in [5.74, 6) is 1.07. The summed E-state index contributed by atoms with van der Waals surface area (Å²) in [5.41, 5.74) is 6.23. The Hall–Kier alpha value is -5.16. The molecule has 8 rings (SSSR count). The van der Waals surface area contributed by atoms with Crippen LogP contribution in [0.25, 0.3) is 0 Å². The molecule has 4 heteroatoms. The van der Waals surface area contributed by atoms with E-state index in [1.807, 2.05) is 48.5 Å². The van der Waals surface area contributed by atoms with Gasteiger partial charge >= 0.3 is 0 Å². The van der Waals surface area contributed by atoms with Crippen molar-refractivity contribution in [2.45, 2.75) is 48.3 Å². The van der Waals surface area contributed by atoms with Gasteiger partial charge < -0.3 is 0 Å². The second kappa shape index (κ2) is 9.45. The molecular formula is C38H28N4. The molecule has 4 aromatic rings. The lowest BCUT2D eigenvalue weighted by molar-refractivity contribution is -0.0904.